The van der Waals surface area contributed by atoms with Crippen molar-refractivity contribution >= 4 is 47.1 Å². The van der Waals surface area contributed by atoms with Crippen molar-refractivity contribution in [2.24, 2.45) is 17.6 Å². The lowest BCUT2D eigenvalue weighted by molar-refractivity contribution is -0.124. The standard InChI is InChI=1S/C26H32FN3O4.C26H31FN2O5/c1-26(2,3)34-25(33)29-13-11-18(12-14-29)24(32)30(21-7-5-4-6-8-21)17-20-10-9-19(15-22(20)27)23(31)16-28;1-26(2,3)34-25(32)28-14-12-18(13-15-28)23(30)29(21-8-6-5-7-9-21)17-20-11-10-19(16-22(20)27)24(31)33-4/h4-10,15,18H,11-14,16-17,28H2,1-3H3;5-11,16,18H,12-15,17H2,1-4H3. The van der Waals surface area contributed by atoms with E-state index in [0.717, 1.165) is 12.1 Å². The van der Waals surface area contributed by atoms with E-state index < -0.39 is 28.8 Å². The zero-order valence-electron chi connectivity index (χ0n) is 40.0. The number of amides is 4. The molecule has 68 heavy (non-hydrogen) atoms. The second kappa shape index (κ2) is 23.4. The van der Waals surface area contributed by atoms with Crippen LogP contribution in [0.2, 0.25) is 0 Å². The number of hydrogen-bond acceptors (Lipinski definition) is 10. The number of hydrogen-bond donors (Lipinski definition) is 1. The third-order valence-electron chi connectivity index (χ3n) is 11.4. The van der Waals surface area contributed by atoms with Crippen LogP contribution in [-0.2, 0) is 36.9 Å². The minimum atomic E-state index is -0.627. The summed E-state index contributed by atoms with van der Waals surface area (Å²) in [5, 5.41) is 0. The molecule has 0 aliphatic carbocycles. The smallest absolute Gasteiger partial charge is 0.410 e. The molecular formula is C52H63F2N5O9. The van der Waals surface area contributed by atoms with Crippen molar-refractivity contribution in [2.45, 2.75) is 91.5 Å². The molecule has 0 atom stereocenters. The number of piperidine rings is 2. The highest BCUT2D eigenvalue weighted by molar-refractivity contribution is 5.98. The molecule has 0 bridgehead atoms. The van der Waals surface area contributed by atoms with Crippen molar-refractivity contribution in [3.63, 3.8) is 0 Å². The van der Waals surface area contributed by atoms with Crippen molar-refractivity contribution in [2.75, 3.05) is 49.6 Å². The van der Waals surface area contributed by atoms with Crippen LogP contribution < -0.4 is 15.5 Å². The molecule has 4 amide bonds. The summed E-state index contributed by atoms with van der Waals surface area (Å²) in [5.74, 6) is -3.00. The first-order chi connectivity index (χ1) is 32.2. The molecule has 2 N–H and O–H groups in total. The third kappa shape index (κ3) is 14.7. The number of nitrogens with zero attached hydrogens (tertiary/aromatic N) is 4. The Bertz CT molecular complexity index is 2220. The van der Waals surface area contributed by atoms with Gasteiger partial charge in [-0.25, -0.2) is 23.2 Å². The number of carbonyl (C=O) groups is 6. The minimum absolute atomic E-state index is 0.0163. The van der Waals surface area contributed by atoms with Crippen molar-refractivity contribution in [3.8, 4) is 0 Å². The van der Waals surface area contributed by atoms with E-state index in [-0.39, 0.29) is 77.9 Å². The average Bonchev–Trinajstić information content (AvgIpc) is 3.32. The SMILES string of the molecule is CC(C)(C)OC(=O)N1CCC(C(=O)N(Cc2ccc(C(=O)CN)cc2F)c2ccccc2)CC1.COC(=O)c1ccc(CN(C(=O)C2CCN(C(=O)OC(C)(C)C)CC2)c2ccccc2)c(F)c1. The number of esters is 1. The van der Waals surface area contributed by atoms with Gasteiger partial charge in [0.2, 0.25) is 11.8 Å². The molecule has 14 nitrogen and oxygen atoms in total. The first kappa shape index (κ1) is 52.3. The Morgan fingerprint density at radius 1 is 0.588 bits per heavy atom. The normalized spacial score (nSPS) is 14.5. The van der Waals surface area contributed by atoms with E-state index >= 15 is 0 Å². The van der Waals surface area contributed by atoms with Gasteiger partial charge in [0.15, 0.2) is 5.78 Å². The van der Waals surface area contributed by atoms with Crippen LogP contribution in [0.5, 0.6) is 0 Å². The van der Waals surface area contributed by atoms with Gasteiger partial charge in [-0.1, -0.05) is 54.6 Å². The Hall–Kier alpha value is -6.68. The van der Waals surface area contributed by atoms with E-state index in [4.69, 9.17) is 15.2 Å². The monoisotopic (exact) mass is 939 g/mol. The Labute approximate surface area is 397 Å². The molecule has 4 aromatic carbocycles. The molecule has 4 aromatic rings. The number of ether oxygens (including phenoxy) is 3. The Balaban J connectivity index is 0.000000254. The number of halogens is 2. The summed E-state index contributed by atoms with van der Waals surface area (Å²) in [6.07, 6.45) is 1.21. The summed E-state index contributed by atoms with van der Waals surface area (Å²) in [4.78, 5) is 81.6. The summed E-state index contributed by atoms with van der Waals surface area (Å²) >= 11 is 0. The summed E-state index contributed by atoms with van der Waals surface area (Å²) in [7, 11) is 1.23. The van der Waals surface area contributed by atoms with E-state index in [1.807, 2.05) is 77.9 Å². The summed E-state index contributed by atoms with van der Waals surface area (Å²) < 4.78 is 45.1. The average molecular weight is 940 g/mol. The maximum Gasteiger partial charge on any atom is 0.410 e. The van der Waals surface area contributed by atoms with Crippen LogP contribution >= 0.6 is 0 Å². The van der Waals surface area contributed by atoms with E-state index in [1.54, 1.807) is 43.9 Å². The maximum absolute atomic E-state index is 14.8. The lowest BCUT2D eigenvalue weighted by atomic mass is 9.94. The zero-order valence-corrected chi connectivity index (χ0v) is 40.0. The molecule has 0 aromatic heterocycles. The highest BCUT2D eigenvalue weighted by Crippen LogP contribution is 2.29. The topological polar surface area (TPSA) is 169 Å². The molecule has 0 spiro atoms. The molecule has 364 valence electrons. The predicted molar refractivity (Wildman–Crippen MR) is 254 cm³/mol. The van der Waals surface area contributed by atoms with Crippen LogP contribution in [0.1, 0.15) is 99.1 Å². The van der Waals surface area contributed by atoms with E-state index in [0.29, 0.717) is 68.8 Å². The number of rotatable bonds is 11. The number of ketones is 1. The number of carbonyl (C=O) groups excluding carboxylic acids is 6. The van der Waals surface area contributed by atoms with E-state index in [1.165, 1.54) is 31.4 Å². The molecule has 0 radical (unpaired) electrons. The number of benzene rings is 4. The fourth-order valence-electron chi connectivity index (χ4n) is 7.75. The van der Waals surface area contributed by atoms with Crippen LogP contribution in [0.15, 0.2) is 97.1 Å². The number of para-hydroxylation sites is 2. The van der Waals surface area contributed by atoms with Gasteiger partial charge in [0.05, 0.1) is 32.3 Å². The van der Waals surface area contributed by atoms with Gasteiger partial charge in [-0.3, -0.25) is 14.4 Å². The van der Waals surface area contributed by atoms with Crippen molar-refractivity contribution < 1.29 is 51.8 Å². The van der Waals surface area contributed by atoms with Gasteiger partial charge in [0, 0.05) is 66.1 Å². The van der Waals surface area contributed by atoms with Crippen LogP contribution in [0.3, 0.4) is 0 Å². The van der Waals surface area contributed by atoms with Crippen molar-refractivity contribution in [1.82, 2.24) is 9.80 Å². The summed E-state index contributed by atoms with van der Waals surface area (Å²) in [5.41, 5.74) is 6.42. The molecule has 2 fully saturated rings. The maximum atomic E-state index is 14.8. The molecule has 2 heterocycles. The first-order valence-corrected chi connectivity index (χ1v) is 22.7. The van der Waals surface area contributed by atoms with Crippen LogP contribution in [0.4, 0.5) is 29.7 Å². The number of Topliss-reactive ketones (excluding diaryl/α,β-unsaturated/α-hetero) is 1. The largest absolute Gasteiger partial charge is 0.465 e. The number of anilines is 2. The summed E-state index contributed by atoms with van der Waals surface area (Å²) in [6.45, 7) is 12.4. The molecule has 0 unspecified atom stereocenters. The fourth-order valence-corrected chi connectivity index (χ4v) is 7.75. The quantitative estimate of drug-likeness (QED) is 0.0871. The van der Waals surface area contributed by atoms with Gasteiger partial charge in [0.1, 0.15) is 22.8 Å². The van der Waals surface area contributed by atoms with Gasteiger partial charge in [-0.15, -0.1) is 0 Å². The molecule has 6 rings (SSSR count). The lowest BCUT2D eigenvalue weighted by Gasteiger charge is -2.35. The first-order valence-electron chi connectivity index (χ1n) is 22.7. The Morgan fingerprint density at radius 3 is 1.29 bits per heavy atom. The van der Waals surface area contributed by atoms with Crippen LogP contribution in [0.25, 0.3) is 0 Å². The third-order valence-corrected chi connectivity index (χ3v) is 11.4. The van der Waals surface area contributed by atoms with Crippen molar-refractivity contribution in [3.05, 3.63) is 131 Å². The number of methoxy groups -OCH3 is 1. The fraction of sp³-hybridized carbons (Fsp3) is 0.423. The van der Waals surface area contributed by atoms with E-state index in [9.17, 15) is 37.5 Å². The Morgan fingerprint density at radius 2 is 0.956 bits per heavy atom. The number of likely N-dealkylation sites (tertiary alicyclic amines) is 2. The van der Waals surface area contributed by atoms with Gasteiger partial charge in [-0.2, -0.15) is 0 Å². The van der Waals surface area contributed by atoms with Gasteiger partial charge in [0.25, 0.3) is 0 Å². The molecule has 0 saturated carbocycles. The zero-order chi connectivity index (χ0) is 49.8. The number of nitrogens with two attached hydrogens (primary N) is 1. The summed E-state index contributed by atoms with van der Waals surface area (Å²) in [6, 6.07) is 26.5. The minimum Gasteiger partial charge on any atom is -0.465 e. The molecule has 2 saturated heterocycles. The molecule has 2 aliphatic heterocycles. The lowest BCUT2D eigenvalue weighted by Crippen LogP contribution is -2.45. The van der Waals surface area contributed by atoms with Crippen LogP contribution in [0, 0.1) is 23.5 Å². The second-order valence-electron chi connectivity index (χ2n) is 18.7. The molecular weight excluding hydrogens is 877 g/mol. The molecule has 2 aliphatic rings. The van der Waals surface area contributed by atoms with Crippen LogP contribution in [-0.4, -0.2) is 96.6 Å². The van der Waals surface area contributed by atoms with Crippen molar-refractivity contribution in [1.29, 1.82) is 0 Å². The van der Waals surface area contributed by atoms with Gasteiger partial charge in [-0.05, 0) is 110 Å². The second-order valence-corrected chi connectivity index (χ2v) is 18.7. The van der Waals surface area contributed by atoms with Gasteiger partial charge < -0.3 is 39.5 Å². The van der Waals surface area contributed by atoms with E-state index in [2.05, 4.69) is 4.74 Å². The Kier molecular flexibility index (Phi) is 18.0. The highest BCUT2D eigenvalue weighted by Gasteiger charge is 2.35. The molecule has 16 heteroatoms. The van der Waals surface area contributed by atoms with Gasteiger partial charge >= 0.3 is 18.2 Å². The predicted octanol–water partition coefficient (Wildman–Crippen LogP) is 8.94. The highest BCUT2D eigenvalue weighted by atomic mass is 19.1.